The van der Waals surface area contributed by atoms with Crippen molar-refractivity contribution in [3.05, 3.63) is 84.3 Å². The van der Waals surface area contributed by atoms with Gasteiger partial charge in [0.25, 0.3) is 0 Å². The third-order valence-corrected chi connectivity index (χ3v) is 5.96. The van der Waals surface area contributed by atoms with Crippen LogP contribution >= 0.6 is 0 Å². The van der Waals surface area contributed by atoms with Crippen molar-refractivity contribution in [1.29, 1.82) is 0 Å². The van der Waals surface area contributed by atoms with Crippen LogP contribution < -0.4 is 10.2 Å². The Hall–Kier alpha value is -3.60. The lowest BCUT2D eigenvalue weighted by atomic mass is 10.0. The number of fused-ring (bicyclic) bond motifs is 1. The van der Waals surface area contributed by atoms with Gasteiger partial charge in [-0.05, 0) is 55.0 Å². The zero-order valence-electron chi connectivity index (χ0n) is 18.0. The topological polar surface area (TPSA) is 44.3 Å². The van der Waals surface area contributed by atoms with Crippen molar-refractivity contribution in [3.8, 4) is 0 Å². The maximum atomic E-state index is 4.65. The molecule has 0 saturated carbocycles. The van der Waals surface area contributed by atoms with E-state index >= 15 is 0 Å². The first-order chi connectivity index (χ1) is 15.2. The van der Waals surface area contributed by atoms with Crippen molar-refractivity contribution >= 4 is 33.8 Å². The van der Waals surface area contributed by atoms with Crippen LogP contribution in [0.25, 0.3) is 22.2 Å². The molecule has 0 radical (unpaired) electrons. The molecule has 0 bridgehead atoms. The van der Waals surface area contributed by atoms with E-state index in [1.807, 2.05) is 25.4 Å². The highest BCUT2D eigenvalue weighted by Crippen LogP contribution is 2.28. The lowest BCUT2D eigenvalue weighted by Gasteiger charge is -2.32. The summed E-state index contributed by atoms with van der Waals surface area (Å²) in [5.74, 6) is 1.88. The molecule has 1 N–H and O–H groups in total. The fourth-order valence-corrected chi connectivity index (χ4v) is 4.07. The smallest absolute Gasteiger partial charge is 0.130 e. The van der Waals surface area contributed by atoms with Gasteiger partial charge in [0.2, 0.25) is 0 Å². The van der Waals surface area contributed by atoms with Gasteiger partial charge in [0.15, 0.2) is 0 Å². The zero-order valence-corrected chi connectivity index (χ0v) is 18.0. The van der Waals surface area contributed by atoms with Crippen LogP contribution in [0.15, 0.2) is 73.2 Å². The van der Waals surface area contributed by atoms with Crippen molar-refractivity contribution in [1.82, 2.24) is 14.9 Å². The largest absolute Gasteiger partial charge is 0.356 e. The van der Waals surface area contributed by atoms with Crippen molar-refractivity contribution in [2.45, 2.75) is 19.8 Å². The monoisotopic (exact) mass is 411 g/mol. The van der Waals surface area contributed by atoms with Crippen LogP contribution in [-0.2, 0) is 0 Å². The van der Waals surface area contributed by atoms with E-state index < -0.39 is 0 Å². The van der Waals surface area contributed by atoms with Gasteiger partial charge in [-0.25, -0.2) is 9.97 Å². The summed E-state index contributed by atoms with van der Waals surface area (Å²) < 4.78 is 0. The fourth-order valence-electron chi connectivity index (χ4n) is 4.07. The molecule has 4 heterocycles. The van der Waals surface area contributed by atoms with Gasteiger partial charge in [-0.3, -0.25) is 0 Å². The first-order valence-corrected chi connectivity index (χ1v) is 10.9. The summed E-state index contributed by atoms with van der Waals surface area (Å²) in [7, 11) is 2.09. The summed E-state index contributed by atoms with van der Waals surface area (Å²) >= 11 is 0. The first kappa shape index (κ1) is 19.4. The fraction of sp³-hybridized carbons (Fsp3) is 0.231. The zero-order chi connectivity index (χ0) is 21.2. The van der Waals surface area contributed by atoms with Gasteiger partial charge in [-0.15, -0.1) is 0 Å². The van der Waals surface area contributed by atoms with Crippen LogP contribution in [0.2, 0.25) is 0 Å². The highest BCUT2D eigenvalue weighted by molar-refractivity contribution is 5.89. The molecule has 1 saturated heterocycles. The Balaban J connectivity index is 0.00000245. The van der Waals surface area contributed by atoms with Gasteiger partial charge in [0.05, 0.1) is 0 Å². The molecule has 0 atom stereocenters. The minimum atomic E-state index is 0. The Morgan fingerprint density at radius 3 is 2.77 bits per heavy atom. The molecular formula is C26H29N5. The standard InChI is InChI=1S/C26H27N5.H2/c1-3-23(19-10-11-27-26(17-19)31-13-6-14-31)29-25-16-22-15-20(8-9-21(22)18-28-25)24-7-4-5-12-30(24)2;/h3,5,7-12,15-18H,4,6,13-14H2,1-2H3,(H,28,29);1H/b23-3+;. The van der Waals surface area contributed by atoms with Crippen molar-refractivity contribution in [3.63, 3.8) is 0 Å². The first-order valence-electron chi connectivity index (χ1n) is 10.9. The number of anilines is 2. The average molecular weight is 412 g/mol. The number of nitrogens with one attached hydrogen (secondary N) is 1. The summed E-state index contributed by atoms with van der Waals surface area (Å²) in [5.41, 5.74) is 4.61. The van der Waals surface area contributed by atoms with E-state index in [1.54, 1.807) is 0 Å². The number of rotatable bonds is 5. The summed E-state index contributed by atoms with van der Waals surface area (Å²) in [6.45, 7) is 4.22. The highest BCUT2D eigenvalue weighted by Gasteiger charge is 2.16. The molecule has 3 aromatic rings. The minimum absolute atomic E-state index is 0. The predicted octanol–water partition coefficient (Wildman–Crippen LogP) is 5.75. The van der Waals surface area contributed by atoms with Gasteiger partial charge < -0.3 is 15.1 Å². The quantitative estimate of drug-likeness (QED) is 0.579. The van der Waals surface area contributed by atoms with E-state index in [4.69, 9.17) is 0 Å². The van der Waals surface area contributed by atoms with Crippen molar-refractivity contribution in [2.24, 2.45) is 0 Å². The molecule has 0 amide bonds. The Kier molecular flexibility index (Phi) is 5.16. The summed E-state index contributed by atoms with van der Waals surface area (Å²) in [6.07, 6.45) is 14.7. The lowest BCUT2D eigenvalue weighted by molar-refractivity contribution is 0.609. The van der Waals surface area contributed by atoms with E-state index in [0.717, 1.165) is 47.8 Å². The Morgan fingerprint density at radius 1 is 1.10 bits per heavy atom. The Morgan fingerprint density at radius 2 is 2.00 bits per heavy atom. The third-order valence-electron chi connectivity index (χ3n) is 5.96. The average Bonchev–Trinajstić information content (AvgIpc) is 2.76. The van der Waals surface area contributed by atoms with Crippen LogP contribution in [0.4, 0.5) is 11.6 Å². The van der Waals surface area contributed by atoms with Gasteiger partial charge in [0.1, 0.15) is 11.6 Å². The normalized spacial score (nSPS) is 16.3. The lowest BCUT2D eigenvalue weighted by Crippen LogP contribution is -2.37. The molecule has 2 aliphatic heterocycles. The number of benzene rings is 1. The van der Waals surface area contributed by atoms with Crippen LogP contribution in [0.3, 0.4) is 0 Å². The van der Waals surface area contributed by atoms with Gasteiger partial charge in [0, 0.05) is 62.5 Å². The van der Waals surface area contributed by atoms with E-state index in [2.05, 4.69) is 86.9 Å². The molecule has 5 heteroatoms. The van der Waals surface area contributed by atoms with E-state index in [-0.39, 0.29) is 1.43 Å². The number of allylic oxidation sites excluding steroid dienone is 3. The maximum Gasteiger partial charge on any atom is 0.130 e. The molecule has 5 rings (SSSR count). The highest BCUT2D eigenvalue weighted by atomic mass is 15.2. The van der Waals surface area contributed by atoms with Crippen LogP contribution in [0, 0.1) is 0 Å². The Bertz CT molecular complexity index is 1210. The molecule has 1 aromatic carbocycles. The SMILES string of the molecule is C/C=C(/Nc1cc2cc(C3=CCC=CN3C)ccc2cn1)c1ccnc(N2CCC2)c1.[HH]. The molecule has 2 aliphatic rings. The van der Waals surface area contributed by atoms with Crippen molar-refractivity contribution in [2.75, 3.05) is 30.4 Å². The number of aromatic nitrogens is 2. The summed E-state index contributed by atoms with van der Waals surface area (Å²) in [6, 6.07) is 12.9. The second-order valence-electron chi connectivity index (χ2n) is 8.02. The second kappa shape index (κ2) is 8.26. The van der Waals surface area contributed by atoms with E-state index in [9.17, 15) is 0 Å². The van der Waals surface area contributed by atoms with Crippen molar-refractivity contribution < 1.29 is 1.43 Å². The predicted molar refractivity (Wildman–Crippen MR) is 132 cm³/mol. The van der Waals surface area contributed by atoms with Crippen LogP contribution in [0.5, 0.6) is 0 Å². The molecule has 5 nitrogen and oxygen atoms in total. The van der Waals surface area contributed by atoms with Gasteiger partial charge in [-0.2, -0.15) is 0 Å². The molecule has 1 fully saturated rings. The van der Waals surface area contributed by atoms with E-state index in [0.29, 0.717) is 0 Å². The number of nitrogens with zero attached hydrogens (tertiary/aromatic N) is 4. The maximum absolute atomic E-state index is 4.65. The second-order valence-corrected chi connectivity index (χ2v) is 8.02. The number of hydrogen-bond acceptors (Lipinski definition) is 5. The van der Waals surface area contributed by atoms with Gasteiger partial charge in [-0.1, -0.05) is 30.4 Å². The molecule has 0 unspecified atom stereocenters. The van der Waals surface area contributed by atoms with Crippen LogP contribution in [-0.4, -0.2) is 35.0 Å². The Labute approximate surface area is 184 Å². The van der Waals surface area contributed by atoms with Gasteiger partial charge >= 0.3 is 0 Å². The molecule has 2 aromatic heterocycles. The number of pyridine rings is 2. The minimum Gasteiger partial charge on any atom is -0.356 e. The molecule has 0 spiro atoms. The van der Waals surface area contributed by atoms with Crippen LogP contribution in [0.1, 0.15) is 32.3 Å². The molecule has 0 aliphatic carbocycles. The third kappa shape index (κ3) is 3.91. The molecule has 31 heavy (non-hydrogen) atoms. The molecular weight excluding hydrogens is 382 g/mol. The summed E-state index contributed by atoms with van der Waals surface area (Å²) in [5, 5.41) is 5.82. The van der Waals surface area contributed by atoms with E-state index in [1.165, 1.54) is 23.1 Å². The number of hydrogen-bond donors (Lipinski definition) is 1. The molecule has 158 valence electrons. The summed E-state index contributed by atoms with van der Waals surface area (Å²) in [4.78, 5) is 13.6.